The van der Waals surface area contributed by atoms with Crippen molar-refractivity contribution in [3.63, 3.8) is 0 Å². The molecule has 21 heavy (non-hydrogen) atoms. The Morgan fingerprint density at radius 2 is 2.19 bits per heavy atom. The molecule has 1 aliphatic rings. The molecule has 0 amide bonds. The van der Waals surface area contributed by atoms with Gasteiger partial charge in [0, 0.05) is 17.5 Å². The Kier molecular flexibility index (Phi) is 3.99. The van der Waals surface area contributed by atoms with E-state index in [9.17, 15) is 0 Å². The predicted octanol–water partition coefficient (Wildman–Crippen LogP) is 3.16. The molecule has 0 aromatic carbocycles. The number of nitrogen functional groups attached to an aromatic ring is 1. The number of thiophene rings is 1. The zero-order valence-electron chi connectivity index (χ0n) is 12.9. The van der Waals surface area contributed by atoms with Crippen molar-refractivity contribution in [2.45, 2.75) is 46.1 Å². The van der Waals surface area contributed by atoms with Gasteiger partial charge in [-0.05, 0) is 45.1 Å². The Balaban J connectivity index is 2.10. The van der Waals surface area contributed by atoms with Crippen LogP contribution in [0.1, 0.15) is 38.5 Å². The quantitative estimate of drug-likeness (QED) is 0.634. The fourth-order valence-electron chi connectivity index (χ4n) is 2.53. The van der Waals surface area contributed by atoms with E-state index in [4.69, 9.17) is 5.84 Å². The first kappa shape index (κ1) is 14.5. The molecular formula is C15H23N5S. The van der Waals surface area contributed by atoms with E-state index in [0.29, 0.717) is 12.0 Å². The highest BCUT2D eigenvalue weighted by Crippen LogP contribution is 2.36. The summed E-state index contributed by atoms with van der Waals surface area (Å²) >= 11 is 1.73. The van der Waals surface area contributed by atoms with Gasteiger partial charge in [0.1, 0.15) is 10.6 Å². The van der Waals surface area contributed by atoms with Gasteiger partial charge in [-0.1, -0.05) is 6.92 Å². The molecule has 2 heterocycles. The Morgan fingerprint density at radius 1 is 1.43 bits per heavy atom. The van der Waals surface area contributed by atoms with E-state index in [1.807, 2.05) is 0 Å². The fourth-order valence-corrected chi connectivity index (χ4v) is 3.50. The number of nitrogens with two attached hydrogens (primary N) is 1. The Hall–Kier alpha value is -1.40. The van der Waals surface area contributed by atoms with Gasteiger partial charge in [0.25, 0.3) is 0 Å². The Labute approximate surface area is 129 Å². The average molecular weight is 305 g/mol. The number of hydrogen-bond donors (Lipinski definition) is 2. The zero-order valence-corrected chi connectivity index (χ0v) is 13.7. The lowest BCUT2D eigenvalue weighted by Crippen LogP contribution is -2.34. The minimum Gasteiger partial charge on any atom is -0.353 e. The lowest BCUT2D eigenvalue weighted by molar-refractivity contribution is 0.639. The van der Waals surface area contributed by atoms with Gasteiger partial charge >= 0.3 is 0 Å². The van der Waals surface area contributed by atoms with E-state index in [1.165, 1.54) is 17.7 Å². The van der Waals surface area contributed by atoms with Crippen LogP contribution in [0.2, 0.25) is 0 Å². The summed E-state index contributed by atoms with van der Waals surface area (Å²) in [6.45, 7) is 7.69. The van der Waals surface area contributed by atoms with Gasteiger partial charge < -0.3 is 4.90 Å². The molecule has 0 saturated heterocycles. The minimum absolute atomic E-state index is 0.416. The lowest BCUT2D eigenvalue weighted by atomic mass is 10.2. The minimum atomic E-state index is 0.416. The number of hydrogen-bond acceptors (Lipinski definition) is 6. The van der Waals surface area contributed by atoms with Crippen LogP contribution in [0.15, 0.2) is 6.07 Å². The van der Waals surface area contributed by atoms with Crippen LogP contribution in [0.3, 0.4) is 0 Å². The van der Waals surface area contributed by atoms with E-state index in [2.05, 4.69) is 47.1 Å². The highest BCUT2D eigenvalue weighted by atomic mass is 32.1. The van der Waals surface area contributed by atoms with Crippen molar-refractivity contribution in [2.24, 2.45) is 11.8 Å². The van der Waals surface area contributed by atoms with Gasteiger partial charge in [-0.25, -0.2) is 10.8 Å². The molecule has 6 heteroatoms. The topological polar surface area (TPSA) is 67.1 Å². The molecule has 1 saturated carbocycles. The van der Waals surface area contributed by atoms with Crippen LogP contribution in [-0.4, -0.2) is 22.6 Å². The van der Waals surface area contributed by atoms with E-state index in [0.717, 1.165) is 34.9 Å². The maximum absolute atomic E-state index is 5.55. The number of anilines is 2. The van der Waals surface area contributed by atoms with Crippen molar-refractivity contribution in [1.82, 2.24) is 9.97 Å². The third kappa shape index (κ3) is 2.96. The largest absolute Gasteiger partial charge is 0.353 e. The highest BCUT2D eigenvalue weighted by Gasteiger charge is 2.28. The molecule has 0 radical (unpaired) electrons. The molecule has 0 bridgehead atoms. The summed E-state index contributed by atoms with van der Waals surface area (Å²) in [6, 6.07) is 2.65. The van der Waals surface area contributed by atoms with Crippen LogP contribution in [-0.2, 0) is 6.42 Å². The molecule has 0 aliphatic heterocycles. The first-order chi connectivity index (χ1) is 10.1. The summed E-state index contributed by atoms with van der Waals surface area (Å²) in [5.74, 6) is 7.89. The number of aryl methyl sites for hydroxylation is 1. The standard InChI is InChI=1S/C15H23N5S/c1-4-11-7-12-13(17-15(19-16)18-14(12)21-11)20(9(2)3)8-10-5-6-10/h7,9-10H,4-6,8,16H2,1-3H3,(H,17,18,19). The smallest absolute Gasteiger partial charge is 0.240 e. The van der Waals surface area contributed by atoms with Crippen LogP contribution in [0.25, 0.3) is 10.2 Å². The number of rotatable bonds is 6. The molecule has 0 spiro atoms. The van der Waals surface area contributed by atoms with Crippen molar-refractivity contribution in [2.75, 3.05) is 16.9 Å². The number of nitrogens with one attached hydrogen (secondary N) is 1. The molecule has 0 atom stereocenters. The van der Waals surface area contributed by atoms with Crippen LogP contribution in [0, 0.1) is 5.92 Å². The summed E-state index contributed by atoms with van der Waals surface area (Å²) in [6.07, 6.45) is 3.70. The van der Waals surface area contributed by atoms with E-state index in [-0.39, 0.29) is 0 Å². The van der Waals surface area contributed by atoms with Crippen LogP contribution in [0.4, 0.5) is 11.8 Å². The van der Waals surface area contributed by atoms with Crippen molar-refractivity contribution >= 4 is 33.3 Å². The maximum Gasteiger partial charge on any atom is 0.240 e. The SMILES string of the molecule is CCc1cc2c(N(CC3CC3)C(C)C)nc(NN)nc2s1. The third-order valence-electron chi connectivity index (χ3n) is 3.95. The second-order valence-corrected chi connectivity index (χ2v) is 7.10. The second-order valence-electron chi connectivity index (χ2n) is 5.99. The molecule has 114 valence electrons. The summed E-state index contributed by atoms with van der Waals surface area (Å²) in [5.41, 5.74) is 2.61. The monoisotopic (exact) mass is 305 g/mol. The number of fused-ring (bicyclic) bond motifs is 1. The van der Waals surface area contributed by atoms with Crippen molar-refractivity contribution in [3.8, 4) is 0 Å². The van der Waals surface area contributed by atoms with Gasteiger partial charge in [0.2, 0.25) is 5.95 Å². The molecule has 1 aliphatic carbocycles. The molecule has 5 nitrogen and oxygen atoms in total. The normalized spacial score (nSPS) is 14.9. The number of hydrazine groups is 1. The summed E-state index contributed by atoms with van der Waals surface area (Å²) in [4.78, 5) is 13.9. The van der Waals surface area contributed by atoms with Crippen LogP contribution >= 0.6 is 11.3 Å². The summed E-state index contributed by atoms with van der Waals surface area (Å²) in [5, 5.41) is 1.16. The van der Waals surface area contributed by atoms with E-state index in [1.54, 1.807) is 11.3 Å². The predicted molar refractivity (Wildman–Crippen MR) is 89.8 cm³/mol. The van der Waals surface area contributed by atoms with Crippen molar-refractivity contribution in [1.29, 1.82) is 0 Å². The summed E-state index contributed by atoms with van der Waals surface area (Å²) in [7, 11) is 0. The number of aromatic nitrogens is 2. The average Bonchev–Trinajstić information content (AvgIpc) is 3.20. The van der Waals surface area contributed by atoms with Crippen molar-refractivity contribution in [3.05, 3.63) is 10.9 Å². The van der Waals surface area contributed by atoms with Gasteiger partial charge in [-0.2, -0.15) is 4.98 Å². The van der Waals surface area contributed by atoms with E-state index >= 15 is 0 Å². The first-order valence-electron chi connectivity index (χ1n) is 7.66. The molecule has 2 aromatic rings. The Bertz CT molecular complexity index is 632. The van der Waals surface area contributed by atoms with E-state index < -0.39 is 0 Å². The highest BCUT2D eigenvalue weighted by molar-refractivity contribution is 7.18. The fraction of sp³-hybridized carbons (Fsp3) is 0.600. The summed E-state index contributed by atoms with van der Waals surface area (Å²) < 4.78 is 0. The zero-order chi connectivity index (χ0) is 15.0. The van der Waals surface area contributed by atoms with Gasteiger partial charge in [-0.3, -0.25) is 5.43 Å². The van der Waals surface area contributed by atoms with Crippen LogP contribution in [0.5, 0.6) is 0 Å². The molecule has 1 fully saturated rings. The van der Waals surface area contributed by atoms with Crippen molar-refractivity contribution < 1.29 is 0 Å². The maximum atomic E-state index is 5.55. The third-order valence-corrected chi connectivity index (χ3v) is 5.12. The molecule has 3 rings (SSSR count). The Morgan fingerprint density at radius 3 is 2.76 bits per heavy atom. The first-order valence-corrected chi connectivity index (χ1v) is 8.47. The lowest BCUT2D eigenvalue weighted by Gasteiger charge is -2.28. The second kappa shape index (κ2) is 5.77. The van der Waals surface area contributed by atoms with Crippen LogP contribution < -0.4 is 16.2 Å². The molecule has 3 N–H and O–H groups in total. The number of nitrogens with zero attached hydrogens (tertiary/aromatic N) is 3. The molecule has 2 aromatic heterocycles. The molecule has 0 unspecified atom stereocenters. The molecular weight excluding hydrogens is 282 g/mol. The van der Waals surface area contributed by atoms with Gasteiger partial charge in [-0.15, -0.1) is 11.3 Å². The van der Waals surface area contributed by atoms with Gasteiger partial charge in [0.05, 0.1) is 5.39 Å². The van der Waals surface area contributed by atoms with Gasteiger partial charge in [0.15, 0.2) is 0 Å².